The Hall–Kier alpha value is -2.50. The number of aliphatic hydroxyl groups is 1. The number of aliphatic hydroxyl groups excluding tert-OH is 1. The third-order valence-electron chi connectivity index (χ3n) is 5.08. The van der Waals surface area contributed by atoms with Crippen molar-refractivity contribution in [2.75, 3.05) is 13.1 Å². The number of nitrogens with zero attached hydrogens (tertiary/aromatic N) is 3. The first-order chi connectivity index (χ1) is 12.8. The van der Waals surface area contributed by atoms with Crippen LogP contribution < -0.4 is 0 Å². The highest BCUT2D eigenvalue weighted by Crippen LogP contribution is 2.31. The fourth-order valence-electron chi connectivity index (χ4n) is 3.56. The summed E-state index contributed by atoms with van der Waals surface area (Å²) in [5.41, 5.74) is 1.97. The van der Waals surface area contributed by atoms with E-state index in [-0.39, 0.29) is 6.10 Å². The van der Waals surface area contributed by atoms with Gasteiger partial charge >= 0.3 is 0 Å². The van der Waals surface area contributed by atoms with Crippen LogP contribution in [0.4, 0.5) is 0 Å². The van der Waals surface area contributed by atoms with Crippen molar-refractivity contribution in [2.24, 2.45) is 5.92 Å². The van der Waals surface area contributed by atoms with Gasteiger partial charge in [0.1, 0.15) is 0 Å². The zero-order chi connectivity index (χ0) is 17.8. The summed E-state index contributed by atoms with van der Waals surface area (Å²) < 4.78 is 5.41. The standard InChI is InChI=1S/C21H23N3O2/c25-20(16-7-3-1-4-8-16)17-11-13-24(14-12-17)15-19-22-21(23-26-19)18-9-5-2-6-10-18/h1-10,17,20,25H,11-15H2. The van der Waals surface area contributed by atoms with Crippen molar-refractivity contribution in [3.05, 3.63) is 72.1 Å². The molecule has 3 aromatic rings. The summed E-state index contributed by atoms with van der Waals surface area (Å²) in [6.07, 6.45) is 1.55. The maximum atomic E-state index is 10.6. The summed E-state index contributed by atoms with van der Waals surface area (Å²) >= 11 is 0. The van der Waals surface area contributed by atoms with Gasteiger partial charge in [-0.2, -0.15) is 4.98 Å². The highest BCUT2D eigenvalue weighted by atomic mass is 16.5. The van der Waals surface area contributed by atoms with Gasteiger partial charge in [0.05, 0.1) is 12.6 Å². The van der Waals surface area contributed by atoms with Gasteiger partial charge in [0.2, 0.25) is 11.7 Å². The summed E-state index contributed by atoms with van der Waals surface area (Å²) in [7, 11) is 0. The number of rotatable bonds is 5. The number of piperidine rings is 1. The van der Waals surface area contributed by atoms with Gasteiger partial charge in [-0.1, -0.05) is 65.8 Å². The number of benzene rings is 2. The lowest BCUT2D eigenvalue weighted by molar-refractivity contribution is 0.0538. The van der Waals surface area contributed by atoms with E-state index in [2.05, 4.69) is 15.0 Å². The fourth-order valence-corrected chi connectivity index (χ4v) is 3.56. The van der Waals surface area contributed by atoms with Gasteiger partial charge in [0.15, 0.2) is 0 Å². The minimum Gasteiger partial charge on any atom is -0.388 e. The van der Waals surface area contributed by atoms with E-state index in [1.54, 1.807) is 0 Å². The van der Waals surface area contributed by atoms with Gasteiger partial charge in [-0.3, -0.25) is 4.90 Å². The molecule has 1 atom stereocenters. The molecule has 2 aromatic carbocycles. The van der Waals surface area contributed by atoms with Gasteiger partial charge in [0.25, 0.3) is 0 Å². The first-order valence-corrected chi connectivity index (χ1v) is 9.13. The minimum absolute atomic E-state index is 0.302. The van der Waals surface area contributed by atoms with Crippen LogP contribution >= 0.6 is 0 Å². The molecule has 1 N–H and O–H groups in total. The first kappa shape index (κ1) is 16.9. The van der Waals surface area contributed by atoms with E-state index >= 15 is 0 Å². The Morgan fingerprint density at radius 3 is 2.35 bits per heavy atom. The second-order valence-electron chi connectivity index (χ2n) is 6.85. The zero-order valence-electron chi connectivity index (χ0n) is 14.7. The quantitative estimate of drug-likeness (QED) is 0.761. The van der Waals surface area contributed by atoms with Gasteiger partial charge < -0.3 is 9.63 Å². The van der Waals surface area contributed by atoms with E-state index in [9.17, 15) is 5.11 Å². The molecule has 1 aromatic heterocycles. The summed E-state index contributed by atoms with van der Waals surface area (Å²) in [5.74, 6) is 1.58. The van der Waals surface area contributed by atoms with Gasteiger partial charge in [-0.05, 0) is 37.4 Å². The molecule has 1 aliphatic heterocycles. The molecule has 5 nitrogen and oxygen atoms in total. The molecule has 0 bridgehead atoms. The largest absolute Gasteiger partial charge is 0.388 e. The fraction of sp³-hybridized carbons (Fsp3) is 0.333. The summed E-state index contributed by atoms with van der Waals surface area (Å²) in [5, 5.41) is 14.7. The molecule has 2 heterocycles. The lowest BCUT2D eigenvalue weighted by atomic mass is 9.87. The van der Waals surface area contributed by atoms with Crippen molar-refractivity contribution in [3.63, 3.8) is 0 Å². The van der Waals surface area contributed by atoms with Crippen LogP contribution in [0.1, 0.15) is 30.4 Å². The van der Waals surface area contributed by atoms with Crippen molar-refractivity contribution < 1.29 is 9.63 Å². The molecule has 1 fully saturated rings. The zero-order valence-corrected chi connectivity index (χ0v) is 14.7. The van der Waals surface area contributed by atoms with E-state index in [4.69, 9.17) is 4.52 Å². The molecule has 4 rings (SSSR count). The van der Waals surface area contributed by atoms with Crippen LogP contribution in [0.25, 0.3) is 11.4 Å². The van der Waals surface area contributed by atoms with Crippen LogP contribution in [0.5, 0.6) is 0 Å². The van der Waals surface area contributed by atoms with Crippen LogP contribution in [0, 0.1) is 5.92 Å². The van der Waals surface area contributed by atoms with Gasteiger partial charge in [-0.15, -0.1) is 0 Å². The van der Waals surface area contributed by atoms with E-state index < -0.39 is 0 Å². The Morgan fingerprint density at radius 1 is 1.00 bits per heavy atom. The molecule has 1 aliphatic rings. The third kappa shape index (κ3) is 3.84. The van der Waals surface area contributed by atoms with Crippen molar-refractivity contribution in [1.29, 1.82) is 0 Å². The van der Waals surface area contributed by atoms with Crippen molar-refractivity contribution in [2.45, 2.75) is 25.5 Å². The molecule has 0 radical (unpaired) electrons. The average Bonchev–Trinajstić information content (AvgIpc) is 3.18. The van der Waals surface area contributed by atoms with Crippen molar-refractivity contribution >= 4 is 0 Å². The van der Waals surface area contributed by atoms with E-state index in [0.717, 1.165) is 37.1 Å². The third-order valence-corrected chi connectivity index (χ3v) is 5.08. The molecule has 26 heavy (non-hydrogen) atoms. The molecule has 134 valence electrons. The maximum Gasteiger partial charge on any atom is 0.241 e. The highest BCUT2D eigenvalue weighted by molar-refractivity contribution is 5.53. The molecule has 0 saturated carbocycles. The number of hydrogen-bond donors (Lipinski definition) is 1. The van der Waals surface area contributed by atoms with Crippen LogP contribution in [0.2, 0.25) is 0 Å². The second-order valence-corrected chi connectivity index (χ2v) is 6.85. The predicted octanol–water partition coefficient (Wildman–Crippen LogP) is 3.68. The first-order valence-electron chi connectivity index (χ1n) is 9.13. The summed E-state index contributed by atoms with van der Waals surface area (Å²) in [4.78, 5) is 6.82. The smallest absolute Gasteiger partial charge is 0.241 e. The van der Waals surface area contributed by atoms with Crippen LogP contribution in [0.15, 0.2) is 65.2 Å². The average molecular weight is 349 g/mol. The highest BCUT2D eigenvalue weighted by Gasteiger charge is 2.27. The van der Waals surface area contributed by atoms with Gasteiger partial charge in [0, 0.05) is 5.56 Å². The predicted molar refractivity (Wildman–Crippen MR) is 99.1 cm³/mol. The van der Waals surface area contributed by atoms with E-state index in [1.165, 1.54) is 0 Å². The van der Waals surface area contributed by atoms with E-state index in [0.29, 0.717) is 24.2 Å². The molecular weight excluding hydrogens is 326 g/mol. The topological polar surface area (TPSA) is 62.4 Å². The van der Waals surface area contributed by atoms with Crippen LogP contribution in [-0.4, -0.2) is 33.2 Å². The second kappa shape index (κ2) is 7.81. The Balaban J connectivity index is 1.32. The van der Waals surface area contributed by atoms with Crippen molar-refractivity contribution in [3.8, 4) is 11.4 Å². The normalized spacial score (nSPS) is 17.3. The lowest BCUT2D eigenvalue weighted by Gasteiger charge is -2.33. The summed E-state index contributed by atoms with van der Waals surface area (Å²) in [6.45, 7) is 2.52. The molecule has 1 unspecified atom stereocenters. The molecule has 1 saturated heterocycles. The maximum absolute atomic E-state index is 10.6. The number of hydrogen-bond acceptors (Lipinski definition) is 5. The molecule has 0 aliphatic carbocycles. The van der Waals surface area contributed by atoms with Crippen LogP contribution in [0.3, 0.4) is 0 Å². The van der Waals surface area contributed by atoms with Crippen molar-refractivity contribution in [1.82, 2.24) is 15.0 Å². The Kier molecular flexibility index (Phi) is 5.09. The minimum atomic E-state index is -0.383. The summed E-state index contributed by atoms with van der Waals surface area (Å²) in [6, 6.07) is 19.8. The van der Waals surface area contributed by atoms with Gasteiger partial charge in [-0.25, -0.2) is 0 Å². The molecular formula is C21H23N3O2. The lowest BCUT2D eigenvalue weighted by Crippen LogP contribution is -2.35. The number of likely N-dealkylation sites (tertiary alicyclic amines) is 1. The number of aromatic nitrogens is 2. The molecule has 5 heteroatoms. The Morgan fingerprint density at radius 2 is 1.65 bits per heavy atom. The Bertz CT molecular complexity index is 812. The molecule has 0 amide bonds. The SMILES string of the molecule is OC(c1ccccc1)C1CCN(Cc2nc(-c3ccccc3)no2)CC1. The monoisotopic (exact) mass is 349 g/mol. The van der Waals surface area contributed by atoms with Crippen LogP contribution in [-0.2, 0) is 6.54 Å². The molecule has 0 spiro atoms. The van der Waals surface area contributed by atoms with E-state index in [1.807, 2.05) is 60.7 Å². The Labute approximate surface area is 153 Å².